The summed E-state index contributed by atoms with van der Waals surface area (Å²) in [6, 6.07) is 5.25. The Morgan fingerprint density at radius 3 is 2.41 bits per heavy atom. The minimum Gasteiger partial charge on any atom is -0.469 e. The molecule has 1 heterocycles. The number of carbonyl (C=O) groups excluding carboxylic acids is 2. The number of methoxy groups -OCH3 is 1. The highest BCUT2D eigenvalue weighted by Gasteiger charge is 2.31. The minimum absolute atomic E-state index is 0.0485. The first-order valence-corrected chi connectivity index (χ1v) is 9.65. The van der Waals surface area contributed by atoms with Crippen molar-refractivity contribution in [3.63, 3.8) is 0 Å². The summed E-state index contributed by atoms with van der Waals surface area (Å²) in [7, 11) is 1.34. The predicted octanol–water partition coefficient (Wildman–Crippen LogP) is 2.49. The number of piperazine rings is 1. The van der Waals surface area contributed by atoms with Crippen LogP contribution in [0.2, 0.25) is 0 Å². The normalized spacial score (nSPS) is 16.1. The Hall–Kier alpha value is -2.29. The molecule has 1 atom stereocenters. The number of nitrogens with zero attached hydrogens (tertiary/aromatic N) is 3. The number of ether oxygens (including phenoxy) is 1. The number of hydrogen-bond acceptors (Lipinski definition) is 5. The smallest absolute Gasteiger partial charge is 0.416 e. The van der Waals surface area contributed by atoms with Crippen molar-refractivity contribution in [2.75, 3.05) is 57.8 Å². The van der Waals surface area contributed by atoms with Crippen molar-refractivity contribution >= 4 is 17.6 Å². The van der Waals surface area contributed by atoms with Gasteiger partial charge in [-0.05, 0) is 24.7 Å². The lowest BCUT2D eigenvalue weighted by atomic mass is 10.1. The SMILES string of the molecule is CCN(CC(=O)N1CCN(c2cccc(C(F)(F)F)c2)CC1)CC(C)C(=O)OC. The molecule has 0 bridgehead atoms. The van der Waals surface area contributed by atoms with Gasteiger partial charge >= 0.3 is 12.1 Å². The van der Waals surface area contributed by atoms with Crippen molar-refractivity contribution in [3.8, 4) is 0 Å². The van der Waals surface area contributed by atoms with Crippen LogP contribution in [0.3, 0.4) is 0 Å². The summed E-state index contributed by atoms with van der Waals surface area (Å²) in [6.07, 6.45) is -4.38. The molecule has 1 fully saturated rings. The van der Waals surface area contributed by atoms with Gasteiger partial charge in [0, 0.05) is 38.4 Å². The maximum Gasteiger partial charge on any atom is 0.416 e. The molecule has 2 rings (SSSR count). The molecule has 1 aliphatic heterocycles. The van der Waals surface area contributed by atoms with Crippen LogP contribution in [0, 0.1) is 5.92 Å². The second-order valence-electron chi connectivity index (χ2n) is 7.17. The highest BCUT2D eigenvalue weighted by molar-refractivity contribution is 5.79. The Morgan fingerprint density at radius 2 is 1.86 bits per heavy atom. The van der Waals surface area contributed by atoms with Crippen LogP contribution >= 0.6 is 0 Å². The highest BCUT2D eigenvalue weighted by Crippen LogP contribution is 2.31. The van der Waals surface area contributed by atoms with Crippen molar-refractivity contribution in [2.45, 2.75) is 20.0 Å². The quantitative estimate of drug-likeness (QED) is 0.641. The molecule has 1 aromatic rings. The van der Waals surface area contributed by atoms with Crippen molar-refractivity contribution in [2.24, 2.45) is 5.92 Å². The fraction of sp³-hybridized carbons (Fsp3) is 0.600. The van der Waals surface area contributed by atoms with Gasteiger partial charge in [0.05, 0.1) is 25.1 Å². The van der Waals surface area contributed by atoms with Gasteiger partial charge < -0.3 is 14.5 Å². The van der Waals surface area contributed by atoms with E-state index in [4.69, 9.17) is 4.74 Å². The molecular formula is C20H28F3N3O3. The van der Waals surface area contributed by atoms with Crippen molar-refractivity contribution in [1.29, 1.82) is 0 Å². The fourth-order valence-corrected chi connectivity index (χ4v) is 3.35. The summed E-state index contributed by atoms with van der Waals surface area (Å²) >= 11 is 0. The second kappa shape index (κ2) is 9.96. The predicted molar refractivity (Wildman–Crippen MR) is 104 cm³/mol. The molecule has 1 unspecified atom stereocenters. The van der Waals surface area contributed by atoms with Crippen LogP contribution in [0.1, 0.15) is 19.4 Å². The van der Waals surface area contributed by atoms with Gasteiger partial charge in [-0.15, -0.1) is 0 Å². The second-order valence-corrected chi connectivity index (χ2v) is 7.17. The van der Waals surface area contributed by atoms with E-state index in [0.29, 0.717) is 45.0 Å². The molecule has 1 aromatic carbocycles. The first-order chi connectivity index (χ1) is 13.7. The molecule has 1 amide bonds. The zero-order chi connectivity index (χ0) is 21.6. The molecule has 1 aliphatic rings. The molecule has 29 heavy (non-hydrogen) atoms. The number of likely N-dealkylation sites (N-methyl/N-ethyl adjacent to an activating group) is 1. The summed E-state index contributed by atoms with van der Waals surface area (Å²) in [5.41, 5.74) is -0.166. The van der Waals surface area contributed by atoms with E-state index < -0.39 is 11.7 Å². The van der Waals surface area contributed by atoms with Crippen molar-refractivity contribution < 1.29 is 27.5 Å². The number of anilines is 1. The average Bonchev–Trinajstić information content (AvgIpc) is 2.72. The number of carbonyl (C=O) groups is 2. The Morgan fingerprint density at radius 1 is 1.21 bits per heavy atom. The van der Waals surface area contributed by atoms with Crippen LogP contribution in [-0.2, 0) is 20.5 Å². The van der Waals surface area contributed by atoms with Gasteiger partial charge in [-0.25, -0.2) is 0 Å². The molecule has 0 radical (unpaired) electrons. The molecule has 9 heteroatoms. The molecule has 0 aromatic heterocycles. The van der Waals surface area contributed by atoms with Crippen LogP contribution < -0.4 is 4.90 Å². The van der Waals surface area contributed by atoms with Gasteiger partial charge in [-0.3, -0.25) is 14.5 Å². The highest BCUT2D eigenvalue weighted by atomic mass is 19.4. The molecule has 0 aliphatic carbocycles. The molecule has 0 spiro atoms. The van der Waals surface area contributed by atoms with Crippen molar-refractivity contribution in [1.82, 2.24) is 9.80 Å². The minimum atomic E-state index is -4.38. The van der Waals surface area contributed by atoms with Gasteiger partial charge in [0.25, 0.3) is 0 Å². The first kappa shape index (κ1) is 23.0. The van der Waals surface area contributed by atoms with Crippen LogP contribution in [-0.4, -0.2) is 74.6 Å². The number of esters is 1. The van der Waals surface area contributed by atoms with Gasteiger partial charge in [-0.2, -0.15) is 13.2 Å². The van der Waals surface area contributed by atoms with E-state index in [9.17, 15) is 22.8 Å². The third-order valence-electron chi connectivity index (χ3n) is 5.11. The van der Waals surface area contributed by atoms with Crippen LogP contribution in [0.4, 0.5) is 18.9 Å². The lowest BCUT2D eigenvalue weighted by Gasteiger charge is -2.37. The van der Waals surface area contributed by atoms with Crippen LogP contribution in [0.25, 0.3) is 0 Å². The zero-order valence-corrected chi connectivity index (χ0v) is 17.0. The van der Waals surface area contributed by atoms with E-state index in [1.807, 2.05) is 16.7 Å². The molecule has 1 saturated heterocycles. The zero-order valence-electron chi connectivity index (χ0n) is 17.0. The monoisotopic (exact) mass is 415 g/mol. The number of amides is 1. The van der Waals surface area contributed by atoms with Gasteiger partial charge in [0.15, 0.2) is 0 Å². The van der Waals surface area contributed by atoms with E-state index >= 15 is 0 Å². The standard InChI is InChI=1S/C20H28F3N3O3/c1-4-24(13-15(2)19(28)29-3)14-18(27)26-10-8-25(9-11-26)17-7-5-6-16(12-17)20(21,22)23/h5-7,12,15H,4,8-11,13-14H2,1-3H3. The molecule has 162 valence electrons. The Bertz CT molecular complexity index is 704. The average molecular weight is 415 g/mol. The van der Waals surface area contributed by atoms with Gasteiger partial charge in [0.2, 0.25) is 5.91 Å². The first-order valence-electron chi connectivity index (χ1n) is 9.65. The third kappa shape index (κ3) is 6.35. The molecule has 6 nitrogen and oxygen atoms in total. The van der Waals surface area contributed by atoms with Gasteiger partial charge in [-0.1, -0.05) is 19.9 Å². The van der Waals surface area contributed by atoms with E-state index in [-0.39, 0.29) is 24.3 Å². The van der Waals surface area contributed by atoms with Gasteiger partial charge in [0.1, 0.15) is 0 Å². The maximum absolute atomic E-state index is 12.9. The van der Waals surface area contributed by atoms with E-state index in [2.05, 4.69) is 0 Å². The summed E-state index contributed by atoms with van der Waals surface area (Å²) in [5, 5.41) is 0. The fourth-order valence-electron chi connectivity index (χ4n) is 3.35. The van der Waals surface area contributed by atoms with E-state index in [1.54, 1.807) is 17.9 Å². The molecular weight excluding hydrogens is 387 g/mol. The lowest BCUT2D eigenvalue weighted by Crippen LogP contribution is -2.51. The number of hydrogen-bond donors (Lipinski definition) is 0. The number of halogens is 3. The molecule has 0 saturated carbocycles. The van der Waals surface area contributed by atoms with E-state index in [1.165, 1.54) is 13.2 Å². The summed E-state index contributed by atoms with van der Waals surface area (Å²) in [5.74, 6) is -0.691. The topological polar surface area (TPSA) is 53.1 Å². The Kier molecular flexibility index (Phi) is 7.89. The Balaban J connectivity index is 1.90. The maximum atomic E-state index is 12.9. The van der Waals surface area contributed by atoms with E-state index in [0.717, 1.165) is 12.1 Å². The summed E-state index contributed by atoms with van der Waals surface area (Å²) in [4.78, 5) is 29.7. The van der Waals surface area contributed by atoms with Crippen LogP contribution in [0.5, 0.6) is 0 Å². The van der Waals surface area contributed by atoms with Crippen molar-refractivity contribution in [3.05, 3.63) is 29.8 Å². The Labute approximate surface area is 169 Å². The number of alkyl halides is 3. The number of benzene rings is 1. The largest absolute Gasteiger partial charge is 0.469 e. The third-order valence-corrected chi connectivity index (χ3v) is 5.11. The molecule has 0 N–H and O–H groups in total. The lowest BCUT2D eigenvalue weighted by molar-refractivity contribution is -0.146. The summed E-state index contributed by atoms with van der Waals surface area (Å²) < 4.78 is 43.5. The summed E-state index contributed by atoms with van der Waals surface area (Å²) in [6.45, 7) is 6.75. The van der Waals surface area contributed by atoms with Crippen LogP contribution in [0.15, 0.2) is 24.3 Å². The number of rotatable bonds is 7.